The third-order valence-electron chi connectivity index (χ3n) is 16.1. The molecule has 6 nitrogen and oxygen atoms in total. The van der Waals surface area contributed by atoms with Crippen molar-refractivity contribution in [2.75, 3.05) is 13.2 Å². The van der Waals surface area contributed by atoms with Crippen molar-refractivity contribution in [2.45, 2.75) is 393 Å². The van der Waals surface area contributed by atoms with Crippen LogP contribution in [-0.2, 0) is 28.6 Å². The second kappa shape index (κ2) is 68.9. The minimum atomic E-state index is -0.774. The van der Waals surface area contributed by atoms with Crippen molar-refractivity contribution in [3.8, 4) is 0 Å². The Kier molecular flexibility index (Phi) is 66.6. The zero-order chi connectivity index (χ0) is 57.8. The smallest absolute Gasteiger partial charge is 0.306 e. The highest BCUT2D eigenvalue weighted by molar-refractivity contribution is 5.71. The molecule has 0 saturated heterocycles. The summed E-state index contributed by atoms with van der Waals surface area (Å²) in [5, 5.41) is 0. The summed E-state index contributed by atoms with van der Waals surface area (Å²) in [6.45, 7) is 6.66. The fourth-order valence-electron chi connectivity index (χ4n) is 10.7. The average Bonchev–Trinajstić information content (AvgIpc) is 3.46. The highest BCUT2D eigenvalue weighted by Gasteiger charge is 2.19. The molecule has 0 fully saturated rings. The van der Waals surface area contributed by atoms with Crippen LogP contribution in [0.25, 0.3) is 0 Å². The van der Waals surface area contributed by atoms with Crippen molar-refractivity contribution >= 4 is 17.9 Å². The Labute approximate surface area is 498 Å². The minimum absolute atomic E-state index is 0.0709. The molecule has 0 radical (unpaired) electrons. The van der Waals surface area contributed by atoms with Gasteiger partial charge < -0.3 is 14.2 Å². The van der Waals surface area contributed by atoms with Gasteiger partial charge in [0.05, 0.1) is 0 Å². The van der Waals surface area contributed by atoms with Gasteiger partial charge in [-0.3, -0.25) is 14.4 Å². The van der Waals surface area contributed by atoms with E-state index < -0.39 is 6.10 Å². The van der Waals surface area contributed by atoms with Crippen LogP contribution in [0.15, 0.2) is 48.6 Å². The highest BCUT2D eigenvalue weighted by Crippen LogP contribution is 2.18. The lowest BCUT2D eigenvalue weighted by Gasteiger charge is -2.18. The zero-order valence-corrected chi connectivity index (χ0v) is 53.9. The average molecular weight is 1120 g/mol. The van der Waals surface area contributed by atoms with Crippen LogP contribution in [0.5, 0.6) is 0 Å². The minimum Gasteiger partial charge on any atom is -0.462 e. The van der Waals surface area contributed by atoms with Gasteiger partial charge in [-0.15, -0.1) is 0 Å². The Morgan fingerprint density at radius 3 is 0.700 bits per heavy atom. The first kappa shape index (κ1) is 77.4. The van der Waals surface area contributed by atoms with Gasteiger partial charge in [-0.2, -0.15) is 0 Å². The number of allylic oxidation sites excluding steroid dienone is 8. The van der Waals surface area contributed by atoms with E-state index in [1.54, 1.807) is 0 Å². The summed E-state index contributed by atoms with van der Waals surface area (Å²) in [5.74, 6) is -0.854. The summed E-state index contributed by atoms with van der Waals surface area (Å²) in [6.07, 6.45) is 87.3. The van der Waals surface area contributed by atoms with Gasteiger partial charge in [-0.25, -0.2) is 0 Å². The SMILES string of the molecule is CCCCCC/C=C\C/C=C\CCCCCCCCCC(=O)OC(COC(=O)CCCCCCCCCCCCC)COC(=O)CCCCCCCCCCCCCCCCCCCCCCC/C=C\C/C=C\CCCCCCC. The molecule has 0 aromatic carbocycles. The van der Waals surface area contributed by atoms with Crippen molar-refractivity contribution < 1.29 is 28.6 Å². The molecule has 80 heavy (non-hydrogen) atoms. The first-order valence-corrected chi connectivity index (χ1v) is 35.6. The van der Waals surface area contributed by atoms with Crippen molar-refractivity contribution in [1.29, 1.82) is 0 Å². The largest absolute Gasteiger partial charge is 0.462 e. The van der Waals surface area contributed by atoms with Crippen molar-refractivity contribution in [3.05, 3.63) is 48.6 Å². The van der Waals surface area contributed by atoms with Gasteiger partial charge in [0, 0.05) is 19.3 Å². The zero-order valence-electron chi connectivity index (χ0n) is 53.9. The molecular weight excluding hydrogens is 985 g/mol. The summed E-state index contributed by atoms with van der Waals surface area (Å²) in [7, 11) is 0. The summed E-state index contributed by atoms with van der Waals surface area (Å²) in [4.78, 5) is 38.3. The second-order valence-corrected chi connectivity index (χ2v) is 24.1. The maximum Gasteiger partial charge on any atom is 0.306 e. The van der Waals surface area contributed by atoms with Crippen LogP contribution in [0.2, 0.25) is 0 Å². The van der Waals surface area contributed by atoms with Gasteiger partial charge in [0.25, 0.3) is 0 Å². The highest BCUT2D eigenvalue weighted by atomic mass is 16.6. The molecule has 0 N–H and O–H groups in total. The third kappa shape index (κ3) is 66.2. The summed E-state index contributed by atoms with van der Waals surface area (Å²) >= 11 is 0. The van der Waals surface area contributed by atoms with E-state index in [0.717, 1.165) is 77.0 Å². The van der Waals surface area contributed by atoms with E-state index in [9.17, 15) is 14.4 Å². The number of unbranched alkanes of at least 4 members (excludes halogenated alkanes) is 47. The predicted molar refractivity (Wildman–Crippen MR) is 349 cm³/mol. The summed E-state index contributed by atoms with van der Waals surface area (Å²) in [5.41, 5.74) is 0. The maximum absolute atomic E-state index is 12.9. The number of carbonyl (C=O) groups is 3. The van der Waals surface area contributed by atoms with E-state index >= 15 is 0 Å². The molecule has 1 unspecified atom stereocenters. The van der Waals surface area contributed by atoms with E-state index in [2.05, 4.69) is 69.4 Å². The third-order valence-corrected chi connectivity index (χ3v) is 16.1. The molecule has 468 valence electrons. The van der Waals surface area contributed by atoms with Crippen molar-refractivity contribution in [1.82, 2.24) is 0 Å². The van der Waals surface area contributed by atoms with Crippen LogP contribution in [0.4, 0.5) is 0 Å². The van der Waals surface area contributed by atoms with Crippen molar-refractivity contribution in [3.63, 3.8) is 0 Å². The van der Waals surface area contributed by atoms with Crippen LogP contribution >= 0.6 is 0 Å². The van der Waals surface area contributed by atoms with Gasteiger partial charge in [-0.05, 0) is 83.5 Å². The van der Waals surface area contributed by atoms with Gasteiger partial charge >= 0.3 is 17.9 Å². The molecule has 0 saturated carbocycles. The van der Waals surface area contributed by atoms with E-state index in [-0.39, 0.29) is 31.1 Å². The molecule has 1 atom stereocenters. The molecule has 6 heteroatoms. The van der Waals surface area contributed by atoms with E-state index in [4.69, 9.17) is 14.2 Å². The Morgan fingerprint density at radius 2 is 0.450 bits per heavy atom. The Bertz CT molecular complexity index is 1380. The molecular formula is C74H136O6. The van der Waals surface area contributed by atoms with E-state index in [0.29, 0.717) is 19.3 Å². The monoisotopic (exact) mass is 1120 g/mol. The number of hydrogen-bond acceptors (Lipinski definition) is 6. The normalized spacial score (nSPS) is 12.3. The lowest BCUT2D eigenvalue weighted by atomic mass is 10.0. The van der Waals surface area contributed by atoms with E-state index in [1.165, 1.54) is 270 Å². The quantitative estimate of drug-likeness (QED) is 0.0261. The van der Waals surface area contributed by atoms with Crippen LogP contribution in [0.3, 0.4) is 0 Å². The summed E-state index contributed by atoms with van der Waals surface area (Å²) < 4.78 is 16.9. The molecule has 0 bridgehead atoms. The number of rotatable bonds is 66. The van der Waals surface area contributed by atoms with E-state index in [1.807, 2.05) is 0 Å². The van der Waals surface area contributed by atoms with Gasteiger partial charge in [-0.1, -0.05) is 333 Å². The first-order chi connectivity index (χ1) is 39.5. The Balaban J connectivity index is 4.09. The molecule has 0 aromatic rings. The molecule has 0 rings (SSSR count). The molecule has 0 aliphatic heterocycles. The summed E-state index contributed by atoms with van der Waals surface area (Å²) in [6, 6.07) is 0. The van der Waals surface area contributed by atoms with Gasteiger partial charge in [0.15, 0.2) is 6.10 Å². The molecule has 0 amide bonds. The van der Waals surface area contributed by atoms with Crippen LogP contribution in [0, 0.1) is 0 Å². The first-order valence-electron chi connectivity index (χ1n) is 35.6. The fraction of sp³-hybridized carbons (Fsp3) is 0.851. The Hall–Kier alpha value is -2.63. The molecule has 0 aromatic heterocycles. The van der Waals surface area contributed by atoms with Crippen LogP contribution in [0.1, 0.15) is 387 Å². The molecule has 0 spiro atoms. The maximum atomic E-state index is 12.9. The van der Waals surface area contributed by atoms with Crippen molar-refractivity contribution in [2.24, 2.45) is 0 Å². The fourth-order valence-corrected chi connectivity index (χ4v) is 10.7. The number of ether oxygens (including phenoxy) is 3. The lowest BCUT2D eigenvalue weighted by Crippen LogP contribution is -2.30. The molecule has 0 aliphatic rings. The number of carbonyl (C=O) groups excluding carboxylic acids is 3. The Morgan fingerprint density at radius 1 is 0.250 bits per heavy atom. The lowest BCUT2D eigenvalue weighted by molar-refractivity contribution is -0.167. The number of esters is 3. The van der Waals surface area contributed by atoms with Crippen LogP contribution in [-0.4, -0.2) is 37.2 Å². The topological polar surface area (TPSA) is 78.9 Å². The number of hydrogen-bond donors (Lipinski definition) is 0. The van der Waals surface area contributed by atoms with Gasteiger partial charge in [0.1, 0.15) is 13.2 Å². The second-order valence-electron chi connectivity index (χ2n) is 24.1. The predicted octanol–water partition coefficient (Wildman–Crippen LogP) is 24.5. The standard InChI is InChI=1S/C74H136O6/c1-4-7-10-13-16-19-22-24-26-28-30-31-32-33-34-35-36-37-38-39-40-41-42-43-44-46-47-49-52-55-58-61-64-67-73(76)79-70-71(69-78-72(75)66-63-60-57-54-51-21-18-15-12-9-6-3)80-74(77)68-65-62-59-56-53-50-48-45-29-27-25-23-20-17-14-11-8-5-2/h20,22-24,27-30,71H,4-19,21,25-26,31-70H2,1-3H3/b23-20-,24-22-,29-27-,30-28-. The molecule has 0 heterocycles. The van der Waals surface area contributed by atoms with Crippen LogP contribution < -0.4 is 0 Å². The van der Waals surface area contributed by atoms with Gasteiger partial charge in [0.2, 0.25) is 0 Å². The molecule has 0 aliphatic carbocycles.